The van der Waals surface area contributed by atoms with Crippen LogP contribution in [0.5, 0.6) is 0 Å². The molecule has 0 saturated heterocycles. The summed E-state index contributed by atoms with van der Waals surface area (Å²) in [5, 5.41) is 10.6. The average Bonchev–Trinajstić information content (AvgIpc) is 2.15. The molecule has 1 aromatic carbocycles. The Labute approximate surface area is 95.9 Å². The summed E-state index contributed by atoms with van der Waals surface area (Å²) in [6.07, 6.45) is -4.74. The lowest BCUT2D eigenvalue weighted by Gasteiger charge is -2.11. The molecule has 0 bridgehead atoms. The highest BCUT2D eigenvalue weighted by atomic mass is 19.4. The van der Waals surface area contributed by atoms with E-state index in [4.69, 9.17) is 5.26 Å². The maximum absolute atomic E-state index is 12.4. The van der Waals surface area contributed by atoms with Crippen LogP contribution in [0.1, 0.15) is 17.5 Å². The predicted molar refractivity (Wildman–Crippen MR) is 55.0 cm³/mol. The number of nitrogens with one attached hydrogen (secondary N) is 1. The smallest absolute Gasteiger partial charge is 0.325 e. The van der Waals surface area contributed by atoms with Gasteiger partial charge < -0.3 is 5.32 Å². The fraction of sp³-hybridized carbons (Fsp3) is 0.273. The molecule has 0 unspecified atom stereocenters. The van der Waals surface area contributed by atoms with Crippen molar-refractivity contribution in [1.82, 2.24) is 0 Å². The van der Waals surface area contributed by atoms with E-state index in [0.29, 0.717) is 0 Å². The highest BCUT2D eigenvalue weighted by Crippen LogP contribution is 2.32. The van der Waals surface area contributed by atoms with E-state index >= 15 is 0 Å². The van der Waals surface area contributed by atoms with E-state index in [9.17, 15) is 18.0 Å². The Morgan fingerprint density at radius 1 is 1.47 bits per heavy atom. The number of nitriles is 1. The van der Waals surface area contributed by atoms with E-state index in [0.717, 1.165) is 12.1 Å². The molecule has 0 radical (unpaired) electrons. The minimum Gasteiger partial charge on any atom is -0.325 e. The zero-order chi connectivity index (χ0) is 13.1. The molecule has 0 aliphatic carbocycles. The number of halogens is 3. The van der Waals surface area contributed by atoms with Crippen molar-refractivity contribution in [2.75, 3.05) is 5.32 Å². The zero-order valence-corrected chi connectivity index (χ0v) is 8.93. The maximum atomic E-state index is 12.4. The first-order valence-electron chi connectivity index (χ1n) is 4.69. The Morgan fingerprint density at radius 2 is 2.12 bits per heavy atom. The number of carbonyl (C=O) groups excluding carboxylic acids is 1. The van der Waals surface area contributed by atoms with Gasteiger partial charge in [0.15, 0.2) is 0 Å². The number of alkyl halides is 3. The molecule has 1 rings (SSSR count). The quantitative estimate of drug-likeness (QED) is 0.866. The van der Waals surface area contributed by atoms with Gasteiger partial charge >= 0.3 is 6.18 Å². The van der Waals surface area contributed by atoms with E-state index < -0.39 is 17.6 Å². The van der Waals surface area contributed by atoms with E-state index in [1.54, 1.807) is 6.07 Å². The van der Waals surface area contributed by atoms with Crippen LogP contribution < -0.4 is 5.32 Å². The minimum atomic E-state index is -4.40. The second-order valence-electron chi connectivity index (χ2n) is 3.41. The standard InChI is InChI=1S/C11H9F3N2O/c1-7-6-8(16-10(17)4-5-15)2-3-9(7)11(12,13)14/h2-3,6H,4H2,1H3,(H,16,17). The van der Waals surface area contributed by atoms with Crippen molar-refractivity contribution in [2.45, 2.75) is 19.5 Å². The SMILES string of the molecule is Cc1cc(NC(=O)CC#N)ccc1C(F)(F)F. The van der Waals surface area contributed by atoms with Gasteiger partial charge in [-0.05, 0) is 30.7 Å². The van der Waals surface area contributed by atoms with Crippen LogP contribution >= 0.6 is 0 Å². The number of nitrogens with zero attached hydrogens (tertiary/aromatic N) is 1. The van der Waals surface area contributed by atoms with Crippen LogP contribution in [-0.4, -0.2) is 5.91 Å². The highest BCUT2D eigenvalue weighted by Gasteiger charge is 2.32. The van der Waals surface area contributed by atoms with Crippen LogP contribution in [0.25, 0.3) is 0 Å². The molecule has 1 N–H and O–H groups in total. The Hall–Kier alpha value is -2.03. The topological polar surface area (TPSA) is 52.9 Å². The van der Waals surface area contributed by atoms with Gasteiger partial charge in [-0.1, -0.05) is 0 Å². The first-order valence-corrected chi connectivity index (χ1v) is 4.69. The van der Waals surface area contributed by atoms with Crippen molar-refractivity contribution in [3.05, 3.63) is 29.3 Å². The number of benzene rings is 1. The molecule has 0 saturated carbocycles. The van der Waals surface area contributed by atoms with E-state index in [1.165, 1.54) is 13.0 Å². The molecule has 0 aliphatic rings. The fourth-order valence-corrected chi connectivity index (χ4v) is 1.34. The van der Waals surface area contributed by atoms with Gasteiger partial charge in [0.1, 0.15) is 6.42 Å². The predicted octanol–water partition coefficient (Wildman–Crippen LogP) is 2.87. The molecular weight excluding hydrogens is 233 g/mol. The molecule has 6 heteroatoms. The summed E-state index contributed by atoms with van der Waals surface area (Å²) in [7, 11) is 0. The van der Waals surface area contributed by atoms with Crippen molar-refractivity contribution < 1.29 is 18.0 Å². The summed E-state index contributed by atoms with van der Waals surface area (Å²) in [6, 6.07) is 4.92. The van der Waals surface area contributed by atoms with E-state index in [1.807, 2.05) is 0 Å². The zero-order valence-electron chi connectivity index (χ0n) is 8.93. The Balaban J connectivity index is 2.91. The Morgan fingerprint density at radius 3 is 2.59 bits per heavy atom. The van der Waals surface area contributed by atoms with Crippen LogP contribution in [0.15, 0.2) is 18.2 Å². The fourth-order valence-electron chi connectivity index (χ4n) is 1.34. The molecular formula is C11H9F3N2O. The van der Waals surface area contributed by atoms with Crippen molar-refractivity contribution in [3.8, 4) is 6.07 Å². The minimum absolute atomic E-state index is 0.0206. The molecule has 90 valence electrons. The first kappa shape index (κ1) is 13.0. The van der Waals surface area contributed by atoms with Gasteiger partial charge in [0.25, 0.3) is 0 Å². The summed E-state index contributed by atoms with van der Waals surface area (Å²) in [5.41, 5.74) is -0.473. The third-order valence-corrected chi connectivity index (χ3v) is 2.06. The monoisotopic (exact) mass is 242 g/mol. The lowest BCUT2D eigenvalue weighted by Crippen LogP contribution is -2.12. The number of hydrogen-bond donors (Lipinski definition) is 1. The lowest BCUT2D eigenvalue weighted by atomic mass is 10.1. The van der Waals surface area contributed by atoms with Gasteiger partial charge in [-0.3, -0.25) is 4.79 Å². The second-order valence-corrected chi connectivity index (χ2v) is 3.41. The average molecular weight is 242 g/mol. The van der Waals surface area contributed by atoms with E-state index in [2.05, 4.69) is 5.32 Å². The number of carbonyl (C=O) groups is 1. The third kappa shape index (κ3) is 3.48. The van der Waals surface area contributed by atoms with Crippen molar-refractivity contribution >= 4 is 11.6 Å². The maximum Gasteiger partial charge on any atom is 0.416 e. The Bertz CT molecular complexity index is 475. The first-order chi connectivity index (χ1) is 7.84. The summed E-state index contributed by atoms with van der Waals surface area (Å²) in [6.45, 7) is 1.31. The Kier molecular flexibility index (Phi) is 3.73. The molecule has 0 aromatic heterocycles. The van der Waals surface area contributed by atoms with Gasteiger partial charge in [0, 0.05) is 5.69 Å². The molecule has 17 heavy (non-hydrogen) atoms. The molecule has 0 spiro atoms. The van der Waals surface area contributed by atoms with E-state index in [-0.39, 0.29) is 17.7 Å². The van der Waals surface area contributed by atoms with Gasteiger partial charge in [0.2, 0.25) is 5.91 Å². The molecule has 1 aromatic rings. The molecule has 3 nitrogen and oxygen atoms in total. The molecule has 1 amide bonds. The number of aryl methyl sites for hydroxylation is 1. The molecule has 0 aliphatic heterocycles. The summed E-state index contributed by atoms with van der Waals surface area (Å²) in [5.74, 6) is -0.549. The summed E-state index contributed by atoms with van der Waals surface area (Å²) < 4.78 is 37.3. The van der Waals surface area contributed by atoms with Crippen molar-refractivity contribution in [3.63, 3.8) is 0 Å². The number of rotatable bonds is 2. The second kappa shape index (κ2) is 4.87. The van der Waals surface area contributed by atoms with Crippen LogP contribution in [-0.2, 0) is 11.0 Å². The number of hydrogen-bond acceptors (Lipinski definition) is 2. The highest BCUT2D eigenvalue weighted by molar-refractivity contribution is 5.92. The van der Waals surface area contributed by atoms with Crippen LogP contribution in [0.3, 0.4) is 0 Å². The molecule has 0 fully saturated rings. The van der Waals surface area contributed by atoms with Crippen molar-refractivity contribution in [2.24, 2.45) is 0 Å². The normalized spacial score (nSPS) is 10.8. The number of anilines is 1. The lowest BCUT2D eigenvalue weighted by molar-refractivity contribution is -0.138. The third-order valence-electron chi connectivity index (χ3n) is 2.06. The van der Waals surface area contributed by atoms with Gasteiger partial charge in [-0.2, -0.15) is 18.4 Å². The summed E-state index contributed by atoms with van der Waals surface area (Å²) >= 11 is 0. The largest absolute Gasteiger partial charge is 0.416 e. The molecule has 0 atom stereocenters. The molecule has 0 heterocycles. The van der Waals surface area contributed by atoms with Gasteiger partial charge in [-0.15, -0.1) is 0 Å². The van der Waals surface area contributed by atoms with Crippen LogP contribution in [0.2, 0.25) is 0 Å². The summed E-state index contributed by atoms with van der Waals surface area (Å²) in [4.78, 5) is 11.0. The van der Waals surface area contributed by atoms with Crippen LogP contribution in [0.4, 0.5) is 18.9 Å². The number of amides is 1. The van der Waals surface area contributed by atoms with Crippen LogP contribution in [0, 0.1) is 18.3 Å². The van der Waals surface area contributed by atoms with Crippen molar-refractivity contribution in [1.29, 1.82) is 5.26 Å². The van der Waals surface area contributed by atoms with Gasteiger partial charge in [-0.25, -0.2) is 0 Å². The van der Waals surface area contributed by atoms with Gasteiger partial charge in [0.05, 0.1) is 11.6 Å².